The molecule has 0 N–H and O–H groups in total. The van der Waals surface area contributed by atoms with Crippen LogP contribution >= 0.6 is 11.6 Å². The number of fused-ring (bicyclic) bond motifs is 5. The number of aromatic nitrogens is 2. The van der Waals surface area contributed by atoms with Crippen LogP contribution in [-0.2, 0) is 17.7 Å². The van der Waals surface area contributed by atoms with Gasteiger partial charge in [-0.15, -0.1) is 0 Å². The minimum atomic E-state index is -0.536. The first-order valence-corrected chi connectivity index (χ1v) is 17.6. The molecule has 1 aromatic heterocycles. The number of nitrogens with zero attached hydrogens (tertiary/aromatic N) is 6. The number of carbonyl (C=O) groups excluding carboxylic acids is 1. The standard InChI is InChI=1S/C36H44ClFN6O3/c1-35(2,3)47-34(45)44-24-10-11-25(44)20-42(19-24)32-26-13-18-41(29-8-4-7-23-9-12-27(38)31(37)30(23)29)21-28(26)39-33(40-32)46-22-36-14-5-16-43(36)17-6-15-36/h4,7-9,12,24-25H,5-6,10-11,13-22H2,1-3H3. The van der Waals surface area contributed by atoms with Gasteiger partial charge in [0.2, 0.25) is 0 Å². The van der Waals surface area contributed by atoms with Gasteiger partial charge in [-0.05, 0) is 96.3 Å². The van der Waals surface area contributed by atoms with Crippen molar-refractivity contribution in [3.05, 3.63) is 52.4 Å². The molecule has 9 nitrogen and oxygen atoms in total. The number of benzene rings is 2. The molecule has 4 fully saturated rings. The first kappa shape index (κ1) is 30.9. The van der Waals surface area contributed by atoms with Crippen LogP contribution in [-0.4, -0.2) is 88.4 Å². The molecule has 0 saturated carbocycles. The van der Waals surface area contributed by atoms with E-state index >= 15 is 0 Å². The zero-order valence-electron chi connectivity index (χ0n) is 27.6. The average molecular weight is 663 g/mol. The molecule has 0 spiro atoms. The molecule has 8 rings (SSSR count). The number of amides is 1. The number of hydrogen-bond acceptors (Lipinski definition) is 8. The number of piperazine rings is 1. The summed E-state index contributed by atoms with van der Waals surface area (Å²) in [6, 6.07) is 9.73. The second-order valence-electron chi connectivity index (χ2n) is 15.0. The van der Waals surface area contributed by atoms with Crippen LogP contribution in [0.1, 0.15) is 70.6 Å². The van der Waals surface area contributed by atoms with Crippen molar-refractivity contribution >= 4 is 40.0 Å². The Morgan fingerprint density at radius 2 is 1.77 bits per heavy atom. The predicted molar refractivity (Wildman–Crippen MR) is 181 cm³/mol. The molecule has 2 unspecified atom stereocenters. The highest BCUT2D eigenvalue weighted by atomic mass is 35.5. The van der Waals surface area contributed by atoms with Crippen molar-refractivity contribution in [2.45, 2.75) is 95.5 Å². The Bertz CT molecular complexity index is 1690. The first-order chi connectivity index (χ1) is 22.6. The van der Waals surface area contributed by atoms with Crippen LogP contribution in [0.15, 0.2) is 30.3 Å². The molecule has 0 radical (unpaired) electrons. The molecule has 3 aromatic rings. The Kier molecular flexibility index (Phi) is 7.67. The van der Waals surface area contributed by atoms with E-state index in [0.717, 1.165) is 85.3 Å². The quantitative estimate of drug-likeness (QED) is 0.304. The Labute approximate surface area is 281 Å². The van der Waals surface area contributed by atoms with Gasteiger partial charge in [0.25, 0.3) is 0 Å². The van der Waals surface area contributed by atoms with E-state index in [1.165, 1.54) is 18.9 Å². The van der Waals surface area contributed by atoms with Gasteiger partial charge >= 0.3 is 12.1 Å². The predicted octanol–water partition coefficient (Wildman–Crippen LogP) is 6.58. The summed E-state index contributed by atoms with van der Waals surface area (Å²) < 4.78 is 27.0. The fraction of sp³-hybridized carbons (Fsp3) is 0.583. The Hall–Kier alpha value is -3.37. The van der Waals surface area contributed by atoms with E-state index in [9.17, 15) is 9.18 Å². The summed E-state index contributed by atoms with van der Waals surface area (Å²) in [6.45, 7) is 11.2. The van der Waals surface area contributed by atoms with Crippen LogP contribution in [0.25, 0.3) is 10.8 Å². The maximum absolute atomic E-state index is 14.6. The smallest absolute Gasteiger partial charge is 0.410 e. The average Bonchev–Trinajstić information content (AvgIpc) is 3.70. The van der Waals surface area contributed by atoms with Gasteiger partial charge in [0.05, 0.1) is 34.9 Å². The SMILES string of the molecule is CC(C)(C)OC(=O)N1C2CCC1CN(c1nc(OCC34CCCN3CCC4)nc3c1CCN(c1cccc4ccc(F)c(Cl)c14)C3)C2. The summed E-state index contributed by atoms with van der Waals surface area (Å²) in [5.74, 6) is 0.497. The molecule has 0 aliphatic carbocycles. The van der Waals surface area contributed by atoms with E-state index < -0.39 is 11.4 Å². The molecule has 2 aromatic carbocycles. The zero-order valence-corrected chi connectivity index (χ0v) is 28.4. The summed E-state index contributed by atoms with van der Waals surface area (Å²) in [4.78, 5) is 32.6. The lowest BCUT2D eigenvalue weighted by atomic mass is 9.95. The van der Waals surface area contributed by atoms with Gasteiger partial charge in [0, 0.05) is 36.3 Å². The summed E-state index contributed by atoms with van der Waals surface area (Å²) in [6.07, 6.45) is 7.09. The number of rotatable bonds is 5. The molecule has 2 bridgehead atoms. The summed E-state index contributed by atoms with van der Waals surface area (Å²) in [7, 11) is 0. The van der Waals surface area contributed by atoms with Gasteiger partial charge in [-0.25, -0.2) is 9.18 Å². The second-order valence-corrected chi connectivity index (χ2v) is 15.4. The first-order valence-electron chi connectivity index (χ1n) is 17.2. The van der Waals surface area contributed by atoms with Crippen LogP contribution < -0.4 is 14.5 Å². The van der Waals surface area contributed by atoms with Gasteiger partial charge < -0.3 is 19.3 Å². The highest BCUT2D eigenvalue weighted by molar-refractivity contribution is 6.36. The Balaban J connectivity index is 1.12. The van der Waals surface area contributed by atoms with E-state index in [1.54, 1.807) is 6.07 Å². The number of anilines is 2. The van der Waals surface area contributed by atoms with Crippen molar-refractivity contribution < 1.29 is 18.7 Å². The maximum Gasteiger partial charge on any atom is 0.410 e. The van der Waals surface area contributed by atoms with Crippen molar-refractivity contribution in [1.82, 2.24) is 19.8 Å². The van der Waals surface area contributed by atoms with E-state index in [4.69, 9.17) is 31.0 Å². The summed E-state index contributed by atoms with van der Waals surface area (Å²) >= 11 is 6.56. The lowest BCUT2D eigenvalue weighted by molar-refractivity contribution is 0.0122. The van der Waals surface area contributed by atoms with E-state index in [1.807, 2.05) is 43.9 Å². The summed E-state index contributed by atoms with van der Waals surface area (Å²) in [5, 5.41) is 1.77. The van der Waals surface area contributed by atoms with Crippen LogP contribution in [0.5, 0.6) is 6.01 Å². The van der Waals surface area contributed by atoms with Crippen molar-refractivity contribution in [2.75, 3.05) is 49.1 Å². The number of ether oxygens (including phenoxy) is 2. The van der Waals surface area contributed by atoms with Crippen LogP contribution in [0.3, 0.4) is 0 Å². The molecular weight excluding hydrogens is 619 g/mol. The van der Waals surface area contributed by atoms with Crippen molar-refractivity contribution in [2.24, 2.45) is 0 Å². The van der Waals surface area contributed by atoms with Crippen molar-refractivity contribution in [3.8, 4) is 6.01 Å². The fourth-order valence-corrected chi connectivity index (χ4v) is 9.09. The van der Waals surface area contributed by atoms with E-state index in [0.29, 0.717) is 32.3 Å². The Morgan fingerprint density at radius 3 is 2.49 bits per heavy atom. The van der Waals surface area contributed by atoms with Crippen molar-refractivity contribution in [1.29, 1.82) is 0 Å². The van der Waals surface area contributed by atoms with Crippen molar-refractivity contribution in [3.63, 3.8) is 0 Å². The molecule has 6 heterocycles. The van der Waals surface area contributed by atoms with Gasteiger partial charge in [-0.1, -0.05) is 29.8 Å². The van der Waals surface area contributed by atoms with Gasteiger partial charge in [0.15, 0.2) is 0 Å². The fourth-order valence-electron chi connectivity index (χ4n) is 8.82. The molecule has 47 heavy (non-hydrogen) atoms. The van der Waals surface area contributed by atoms with E-state index in [-0.39, 0.29) is 28.7 Å². The normalized spacial score (nSPS) is 23.7. The number of hydrogen-bond donors (Lipinski definition) is 0. The van der Waals surface area contributed by atoms with Gasteiger partial charge in [-0.2, -0.15) is 9.97 Å². The van der Waals surface area contributed by atoms with Gasteiger partial charge in [0.1, 0.15) is 23.8 Å². The molecule has 2 atom stereocenters. The molecule has 1 amide bonds. The highest BCUT2D eigenvalue weighted by Crippen LogP contribution is 2.42. The van der Waals surface area contributed by atoms with Crippen LogP contribution in [0.2, 0.25) is 5.02 Å². The van der Waals surface area contributed by atoms with Crippen LogP contribution in [0, 0.1) is 5.82 Å². The molecule has 250 valence electrons. The lowest BCUT2D eigenvalue weighted by Crippen LogP contribution is -2.57. The molecule has 11 heteroatoms. The zero-order chi connectivity index (χ0) is 32.5. The van der Waals surface area contributed by atoms with Crippen LogP contribution in [0.4, 0.5) is 20.7 Å². The third-order valence-corrected chi connectivity index (χ3v) is 11.3. The molecule has 4 saturated heterocycles. The summed E-state index contributed by atoms with van der Waals surface area (Å²) in [5.41, 5.74) is 2.49. The topological polar surface area (TPSA) is 74.3 Å². The Morgan fingerprint density at radius 1 is 1.02 bits per heavy atom. The van der Waals surface area contributed by atoms with Gasteiger partial charge in [-0.3, -0.25) is 9.80 Å². The van der Waals surface area contributed by atoms with E-state index in [2.05, 4.69) is 14.7 Å². The molecule has 5 aliphatic rings. The number of carbonyl (C=O) groups is 1. The second kappa shape index (κ2) is 11.7. The monoisotopic (exact) mass is 662 g/mol. The largest absolute Gasteiger partial charge is 0.461 e. The highest BCUT2D eigenvalue weighted by Gasteiger charge is 2.47. The number of halogens is 2. The maximum atomic E-state index is 14.6. The third kappa shape index (κ3) is 5.55. The third-order valence-electron chi connectivity index (χ3n) is 10.9. The molecule has 5 aliphatic heterocycles. The lowest BCUT2D eigenvalue weighted by Gasteiger charge is -2.43. The molecular formula is C36H44ClFN6O3. The minimum absolute atomic E-state index is 0.0656. The minimum Gasteiger partial charge on any atom is -0.461 e.